The lowest BCUT2D eigenvalue weighted by atomic mass is 9.81. The first-order valence-corrected chi connectivity index (χ1v) is 16.0. The zero-order valence-electron chi connectivity index (χ0n) is 25.9. The molecule has 0 atom stereocenters. The zero-order valence-corrected chi connectivity index (χ0v) is 25.9. The molecule has 1 aliphatic carbocycles. The summed E-state index contributed by atoms with van der Waals surface area (Å²) in [5.41, 5.74) is 10.5. The highest BCUT2D eigenvalue weighted by Gasteiger charge is 2.38. The second-order valence-corrected chi connectivity index (χ2v) is 12.8. The molecule has 5 nitrogen and oxygen atoms in total. The van der Waals surface area contributed by atoms with Gasteiger partial charge in [-0.15, -0.1) is 0 Å². The van der Waals surface area contributed by atoms with Crippen molar-refractivity contribution >= 4 is 43.7 Å². The SMILES string of the molecule is CC1(C)c2ccccc2-c2ccc3c4ccccc4n(-c4nc(-c5ccccc5)nc(-c5cccc6c5oc5ccccc56)n4)c3c21. The molecule has 0 aliphatic heterocycles. The lowest BCUT2D eigenvalue weighted by molar-refractivity contribution is 0.663. The minimum absolute atomic E-state index is 0.227. The molecule has 3 aromatic heterocycles. The molecule has 0 bridgehead atoms. The van der Waals surface area contributed by atoms with Gasteiger partial charge in [-0.2, -0.15) is 9.97 Å². The van der Waals surface area contributed by atoms with E-state index in [4.69, 9.17) is 19.4 Å². The van der Waals surface area contributed by atoms with Gasteiger partial charge in [0.1, 0.15) is 11.2 Å². The second kappa shape index (κ2) is 9.47. The van der Waals surface area contributed by atoms with Crippen LogP contribution in [0.3, 0.4) is 0 Å². The van der Waals surface area contributed by atoms with E-state index in [2.05, 4.69) is 97.3 Å². The third-order valence-electron chi connectivity index (χ3n) is 9.85. The lowest BCUT2D eigenvalue weighted by Crippen LogP contribution is -2.17. The topological polar surface area (TPSA) is 56.7 Å². The molecule has 0 radical (unpaired) electrons. The van der Waals surface area contributed by atoms with Crippen molar-refractivity contribution in [3.05, 3.63) is 145 Å². The number of para-hydroxylation sites is 3. The van der Waals surface area contributed by atoms with Gasteiger partial charge in [0.2, 0.25) is 5.95 Å². The van der Waals surface area contributed by atoms with Gasteiger partial charge in [0.05, 0.1) is 16.6 Å². The van der Waals surface area contributed by atoms with Crippen LogP contribution in [0.4, 0.5) is 0 Å². The Morgan fingerprint density at radius 1 is 0.532 bits per heavy atom. The normalized spacial score (nSPS) is 13.5. The maximum Gasteiger partial charge on any atom is 0.238 e. The molecule has 6 aromatic carbocycles. The maximum atomic E-state index is 6.47. The van der Waals surface area contributed by atoms with Crippen LogP contribution in [-0.2, 0) is 5.41 Å². The first kappa shape index (κ1) is 26.2. The predicted octanol–water partition coefficient (Wildman–Crippen LogP) is 10.5. The Kier molecular flexibility index (Phi) is 5.28. The van der Waals surface area contributed by atoms with Gasteiger partial charge in [0.15, 0.2) is 11.6 Å². The van der Waals surface area contributed by atoms with Gasteiger partial charge in [-0.1, -0.05) is 129 Å². The molecule has 0 N–H and O–H groups in total. The largest absolute Gasteiger partial charge is 0.455 e. The molecule has 0 saturated carbocycles. The number of nitrogens with zero attached hydrogens (tertiary/aromatic N) is 4. The summed E-state index contributed by atoms with van der Waals surface area (Å²) in [7, 11) is 0. The molecule has 5 heteroatoms. The number of rotatable bonds is 3. The molecular formula is C42H28N4O. The van der Waals surface area contributed by atoms with Crippen LogP contribution in [0, 0.1) is 0 Å². The van der Waals surface area contributed by atoms with Crippen molar-refractivity contribution in [2.24, 2.45) is 0 Å². The van der Waals surface area contributed by atoms with Crippen molar-refractivity contribution in [1.29, 1.82) is 0 Å². The van der Waals surface area contributed by atoms with Crippen molar-refractivity contribution in [3.63, 3.8) is 0 Å². The van der Waals surface area contributed by atoms with E-state index >= 15 is 0 Å². The number of benzene rings is 6. The van der Waals surface area contributed by atoms with Crippen LogP contribution in [-0.4, -0.2) is 19.5 Å². The van der Waals surface area contributed by atoms with Crippen LogP contribution in [0.15, 0.2) is 138 Å². The summed E-state index contributed by atoms with van der Waals surface area (Å²) < 4.78 is 8.73. The summed E-state index contributed by atoms with van der Waals surface area (Å²) in [6.45, 7) is 4.66. The molecule has 9 aromatic rings. The number of furan rings is 1. The van der Waals surface area contributed by atoms with Crippen LogP contribution >= 0.6 is 0 Å². The number of fused-ring (bicyclic) bond motifs is 10. The Labute approximate surface area is 270 Å². The molecule has 0 saturated heterocycles. The molecule has 0 unspecified atom stereocenters. The summed E-state index contributed by atoms with van der Waals surface area (Å²) >= 11 is 0. The minimum atomic E-state index is -0.227. The third-order valence-corrected chi connectivity index (χ3v) is 9.85. The molecule has 0 amide bonds. The van der Waals surface area contributed by atoms with Crippen molar-refractivity contribution < 1.29 is 4.42 Å². The zero-order chi connectivity index (χ0) is 31.3. The lowest BCUT2D eigenvalue weighted by Gasteiger charge is -2.23. The van der Waals surface area contributed by atoms with E-state index in [0.717, 1.165) is 44.1 Å². The molecule has 222 valence electrons. The van der Waals surface area contributed by atoms with Crippen molar-refractivity contribution in [2.45, 2.75) is 19.3 Å². The number of aromatic nitrogens is 4. The molecule has 10 rings (SSSR count). The monoisotopic (exact) mass is 604 g/mol. The van der Waals surface area contributed by atoms with Gasteiger partial charge in [-0.25, -0.2) is 4.98 Å². The molecular weight excluding hydrogens is 576 g/mol. The first-order chi connectivity index (χ1) is 23.1. The van der Waals surface area contributed by atoms with E-state index in [1.54, 1.807) is 0 Å². The summed E-state index contributed by atoms with van der Waals surface area (Å²) in [5, 5.41) is 4.46. The van der Waals surface area contributed by atoms with E-state index in [0.29, 0.717) is 17.6 Å². The van der Waals surface area contributed by atoms with Crippen LogP contribution in [0.1, 0.15) is 25.0 Å². The molecule has 47 heavy (non-hydrogen) atoms. The fraction of sp³-hybridized carbons (Fsp3) is 0.0714. The standard InChI is InChI=1S/C42H28N4O/c1-42(2)33-20-9-6-15-26(33)29-23-24-30-27-16-7-10-21-34(27)46(37(30)36(29)42)41-44-39(25-13-4-3-5-14-25)43-40(45-41)32-19-12-18-31-28-17-8-11-22-35(28)47-38(31)32/h3-24H,1-2H3. The van der Waals surface area contributed by atoms with Crippen molar-refractivity contribution in [2.75, 3.05) is 0 Å². The Bertz CT molecular complexity index is 2720. The molecule has 0 spiro atoms. The van der Waals surface area contributed by atoms with Gasteiger partial charge in [-0.05, 0) is 40.5 Å². The quantitative estimate of drug-likeness (QED) is 0.201. The van der Waals surface area contributed by atoms with Crippen LogP contribution in [0.25, 0.3) is 83.6 Å². The average Bonchev–Trinajstić information content (AvgIpc) is 3.74. The summed E-state index contributed by atoms with van der Waals surface area (Å²) in [4.78, 5) is 15.6. The van der Waals surface area contributed by atoms with Gasteiger partial charge >= 0.3 is 0 Å². The maximum absolute atomic E-state index is 6.47. The van der Waals surface area contributed by atoms with E-state index in [-0.39, 0.29) is 5.41 Å². The third kappa shape index (κ3) is 3.62. The number of hydrogen-bond donors (Lipinski definition) is 0. The Morgan fingerprint density at radius 3 is 2.13 bits per heavy atom. The predicted molar refractivity (Wildman–Crippen MR) is 190 cm³/mol. The van der Waals surface area contributed by atoms with Crippen LogP contribution < -0.4 is 0 Å². The van der Waals surface area contributed by atoms with Gasteiger partial charge in [0.25, 0.3) is 0 Å². The Hall–Kier alpha value is -6.07. The van der Waals surface area contributed by atoms with Gasteiger partial charge in [-0.3, -0.25) is 4.57 Å². The van der Waals surface area contributed by atoms with Gasteiger partial charge in [0, 0.05) is 32.5 Å². The van der Waals surface area contributed by atoms with E-state index in [1.807, 2.05) is 54.6 Å². The fourth-order valence-corrected chi connectivity index (χ4v) is 7.74. The van der Waals surface area contributed by atoms with Gasteiger partial charge < -0.3 is 4.42 Å². The second-order valence-electron chi connectivity index (χ2n) is 12.8. The van der Waals surface area contributed by atoms with E-state index in [1.165, 1.54) is 33.0 Å². The highest BCUT2D eigenvalue weighted by atomic mass is 16.3. The highest BCUT2D eigenvalue weighted by molar-refractivity contribution is 6.13. The summed E-state index contributed by atoms with van der Waals surface area (Å²) in [6.07, 6.45) is 0. The summed E-state index contributed by atoms with van der Waals surface area (Å²) in [5.74, 6) is 1.76. The smallest absolute Gasteiger partial charge is 0.238 e. The minimum Gasteiger partial charge on any atom is -0.455 e. The van der Waals surface area contributed by atoms with Crippen LogP contribution in [0.5, 0.6) is 0 Å². The van der Waals surface area contributed by atoms with Crippen molar-refractivity contribution in [1.82, 2.24) is 19.5 Å². The Balaban J connectivity index is 1.33. The highest BCUT2D eigenvalue weighted by Crippen LogP contribution is 2.52. The molecule has 3 heterocycles. The Morgan fingerprint density at radius 2 is 1.23 bits per heavy atom. The first-order valence-electron chi connectivity index (χ1n) is 16.0. The average molecular weight is 605 g/mol. The fourth-order valence-electron chi connectivity index (χ4n) is 7.74. The summed E-state index contributed by atoms with van der Waals surface area (Å²) in [6, 6.07) is 46.4. The van der Waals surface area contributed by atoms with Crippen molar-refractivity contribution in [3.8, 4) is 39.9 Å². The van der Waals surface area contributed by atoms with Crippen LogP contribution in [0.2, 0.25) is 0 Å². The molecule has 0 fully saturated rings. The number of hydrogen-bond acceptors (Lipinski definition) is 4. The van der Waals surface area contributed by atoms with E-state index in [9.17, 15) is 0 Å². The molecule has 1 aliphatic rings. The van der Waals surface area contributed by atoms with E-state index < -0.39 is 0 Å².